The summed E-state index contributed by atoms with van der Waals surface area (Å²) in [5.74, 6) is -0.251. The van der Waals surface area contributed by atoms with E-state index in [1.807, 2.05) is 17.9 Å². The molecule has 0 saturated heterocycles. The number of anilines is 1. The van der Waals surface area contributed by atoms with Crippen LogP contribution in [0.2, 0.25) is 0 Å². The molecule has 1 aromatic carbocycles. The molecule has 0 fully saturated rings. The van der Waals surface area contributed by atoms with Crippen molar-refractivity contribution in [3.63, 3.8) is 0 Å². The lowest BCUT2D eigenvalue weighted by Gasteiger charge is -2.36. The van der Waals surface area contributed by atoms with Gasteiger partial charge in [-0.2, -0.15) is 0 Å². The van der Waals surface area contributed by atoms with Crippen LogP contribution < -0.4 is 4.90 Å². The molecule has 20 heavy (non-hydrogen) atoms. The third-order valence-electron chi connectivity index (χ3n) is 3.83. The van der Waals surface area contributed by atoms with E-state index >= 15 is 0 Å². The van der Waals surface area contributed by atoms with Crippen molar-refractivity contribution in [3.05, 3.63) is 59.2 Å². The normalized spacial score (nSPS) is 17.7. The molecule has 0 amide bonds. The van der Waals surface area contributed by atoms with Gasteiger partial charge in [0, 0.05) is 12.7 Å². The van der Waals surface area contributed by atoms with Crippen molar-refractivity contribution < 1.29 is 9.18 Å². The number of carbonyl (C=O) groups is 1. The molecule has 4 heteroatoms. The Labute approximate surface area is 117 Å². The number of carbonyl (C=O) groups excluding carboxylic acids is 1. The van der Waals surface area contributed by atoms with Crippen LogP contribution in [-0.4, -0.2) is 17.8 Å². The van der Waals surface area contributed by atoms with E-state index in [0.717, 1.165) is 35.1 Å². The molecule has 0 radical (unpaired) electrons. The lowest BCUT2D eigenvalue weighted by Crippen LogP contribution is -2.37. The quantitative estimate of drug-likeness (QED) is 0.787. The summed E-state index contributed by atoms with van der Waals surface area (Å²) < 4.78 is 13.3. The fraction of sp³-hybridized carbons (Fsp3) is 0.250. The van der Waals surface area contributed by atoms with Gasteiger partial charge in [0.1, 0.15) is 18.1 Å². The van der Waals surface area contributed by atoms with Gasteiger partial charge in [-0.15, -0.1) is 0 Å². The largest absolute Gasteiger partial charge is 0.356 e. The third kappa shape index (κ3) is 2.07. The minimum atomic E-state index is -0.373. The van der Waals surface area contributed by atoms with Gasteiger partial charge in [0.25, 0.3) is 0 Å². The second-order valence-electron chi connectivity index (χ2n) is 5.03. The number of hydrogen-bond acceptors (Lipinski definition) is 3. The highest BCUT2D eigenvalue weighted by molar-refractivity contribution is 5.72. The van der Waals surface area contributed by atoms with Crippen molar-refractivity contribution in [2.24, 2.45) is 0 Å². The number of nitrogens with zero attached hydrogens (tertiary/aromatic N) is 2. The highest BCUT2D eigenvalue weighted by atomic mass is 19.1. The maximum absolute atomic E-state index is 13.3. The van der Waals surface area contributed by atoms with Gasteiger partial charge in [-0.05, 0) is 48.2 Å². The molecule has 3 nitrogen and oxygen atoms in total. The van der Waals surface area contributed by atoms with Gasteiger partial charge in [0.05, 0.1) is 11.9 Å². The van der Waals surface area contributed by atoms with E-state index in [1.165, 1.54) is 12.1 Å². The Hall–Kier alpha value is -2.23. The molecule has 0 saturated carbocycles. The lowest BCUT2D eigenvalue weighted by molar-refractivity contribution is -0.109. The van der Waals surface area contributed by atoms with Crippen molar-refractivity contribution in [2.45, 2.75) is 19.4 Å². The summed E-state index contributed by atoms with van der Waals surface area (Å²) >= 11 is 0. The average Bonchev–Trinajstić information content (AvgIpc) is 2.46. The van der Waals surface area contributed by atoms with Crippen LogP contribution in [-0.2, 0) is 11.2 Å². The Balaban J connectivity index is 2.06. The van der Waals surface area contributed by atoms with Crippen LogP contribution in [0.15, 0.2) is 36.7 Å². The third-order valence-corrected chi connectivity index (χ3v) is 3.83. The maximum Gasteiger partial charge on any atom is 0.146 e. The van der Waals surface area contributed by atoms with E-state index in [4.69, 9.17) is 0 Å². The summed E-state index contributed by atoms with van der Waals surface area (Å²) in [4.78, 5) is 17.7. The van der Waals surface area contributed by atoms with Gasteiger partial charge in [0.2, 0.25) is 0 Å². The molecule has 1 aromatic heterocycles. The van der Waals surface area contributed by atoms with Crippen LogP contribution in [0.3, 0.4) is 0 Å². The van der Waals surface area contributed by atoms with E-state index in [0.29, 0.717) is 6.54 Å². The minimum absolute atomic E-state index is 0.251. The van der Waals surface area contributed by atoms with Crippen LogP contribution in [0.4, 0.5) is 10.1 Å². The predicted octanol–water partition coefficient (Wildman–Crippen LogP) is 2.83. The monoisotopic (exact) mass is 270 g/mol. The number of hydrogen-bond donors (Lipinski definition) is 0. The van der Waals surface area contributed by atoms with Crippen LogP contribution in [0.1, 0.15) is 22.7 Å². The Kier molecular flexibility index (Phi) is 3.22. The molecule has 1 atom stereocenters. The number of halogens is 1. The summed E-state index contributed by atoms with van der Waals surface area (Å²) in [5, 5.41) is 0. The Morgan fingerprint density at radius 1 is 1.40 bits per heavy atom. The molecule has 0 aliphatic carbocycles. The number of aromatic nitrogens is 1. The van der Waals surface area contributed by atoms with Gasteiger partial charge in [-0.3, -0.25) is 4.98 Å². The van der Waals surface area contributed by atoms with E-state index in [1.54, 1.807) is 18.5 Å². The van der Waals surface area contributed by atoms with E-state index in [9.17, 15) is 9.18 Å². The van der Waals surface area contributed by atoms with E-state index in [2.05, 4.69) is 4.98 Å². The van der Waals surface area contributed by atoms with Crippen molar-refractivity contribution in [1.82, 2.24) is 4.98 Å². The second kappa shape index (κ2) is 5.04. The van der Waals surface area contributed by atoms with E-state index < -0.39 is 0 Å². The first-order valence-electron chi connectivity index (χ1n) is 6.61. The summed E-state index contributed by atoms with van der Waals surface area (Å²) in [5.41, 5.74) is 3.84. The molecule has 0 bridgehead atoms. The van der Waals surface area contributed by atoms with Crippen LogP contribution in [0, 0.1) is 12.7 Å². The van der Waals surface area contributed by atoms with Crippen LogP contribution in [0.5, 0.6) is 0 Å². The van der Waals surface area contributed by atoms with Crippen molar-refractivity contribution in [3.8, 4) is 0 Å². The Morgan fingerprint density at radius 2 is 2.25 bits per heavy atom. The lowest BCUT2D eigenvalue weighted by atomic mass is 9.92. The molecular formula is C16H15FN2O. The average molecular weight is 270 g/mol. The van der Waals surface area contributed by atoms with Gasteiger partial charge >= 0.3 is 0 Å². The van der Waals surface area contributed by atoms with Gasteiger partial charge in [-0.1, -0.05) is 6.07 Å². The fourth-order valence-electron chi connectivity index (χ4n) is 2.80. The summed E-state index contributed by atoms with van der Waals surface area (Å²) in [7, 11) is 0. The van der Waals surface area contributed by atoms with Crippen molar-refractivity contribution >= 4 is 12.0 Å². The molecule has 2 aromatic rings. The molecule has 0 spiro atoms. The predicted molar refractivity (Wildman–Crippen MR) is 75.2 cm³/mol. The zero-order valence-electron chi connectivity index (χ0n) is 11.2. The Bertz CT molecular complexity index is 657. The van der Waals surface area contributed by atoms with Crippen molar-refractivity contribution in [2.75, 3.05) is 11.4 Å². The van der Waals surface area contributed by atoms with Gasteiger partial charge in [0.15, 0.2) is 0 Å². The highest BCUT2D eigenvalue weighted by Gasteiger charge is 2.28. The zero-order chi connectivity index (χ0) is 14.1. The number of pyridine rings is 1. The molecule has 0 N–H and O–H groups in total. The smallest absolute Gasteiger partial charge is 0.146 e. The number of aldehydes is 1. The first-order valence-corrected chi connectivity index (χ1v) is 6.61. The van der Waals surface area contributed by atoms with Crippen LogP contribution >= 0.6 is 0 Å². The number of benzene rings is 1. The fourth-order valence-corrected chi connectivity index (χ4v) is 2.80. The Morgan fingerprint density at radius 3 is 3.00 bits per heavy atom. The highest BCUT2D eigenvalue weighted by Crippen LogP contribution is 2.33. The second-order valence-corrected chi connectivity index (χ2v) is 5.03. The van der Waals surface area contributed by atoms with Crippen LogP contribution in [0.25, 0.3) is 0 Å². The first-order chi connectivity index (χ1) is 9.70. The number of rotatable bonds is 2. The standard InChI is InChI=1S/C16H15FN2O/c1-11-4-6-18-9-15(11)19-7-5-12-8-13(17)2-3-14(12)16(19)10-20/h2-4,6,8-10,16H,5,7H2,1H3. The zero-order valence-corrected chi connectivity index (χ0v) is 11.2. The summed E-state index contributed by atoms with van der Waals surface area (Å²) in [6.45, 7) is 2.69. The summed E-state index contributed by atoms with van der Waals surface area (Å²) in [6, 6.07) is 6.20. The van der Waals surface area contributed by atoms with Gasteiger partial charge in [-0.25, -0.2) is 4.39 Å². The number of fused-ring (bicyclic) bond motifs is 1. The molecule has 1 aliphatic heterocycles. The maximum atomic E-state index is 13.3. The first kappa shape index (κ1) is 12.8. The van der Waals surface area contributed by atoms with Gasteiger partial charge < -0.3 is 9.69 Å². The molecular weight excluding hydrogens is 255 g/mol. The SMILES string of the molecule is Cc1ccncc1N1CCc2cc(F)ccc2C1C=O. The number of aryl methyl sites for hydroxylation is 1. The van der Waals surface area contributed by atoms with E-state index in [-0.39, 0.29) is 11.9 Å². The molecule has 1 unspecified atom stereocenters. The minimum Gasteiger partial charge on any atom is -0.356 e. The molecule has 1 aliphatic rings. The summed E-state index contributed by atoms with van der Waals surface area (Å²) in [6.07, 6.45) is 5.16. The molecule has 3 rings (SSSR count). The topological polar surface area (TPSA) is 33.2 Å². The van der Waals surface area contributed by atoms with Crippen molar-refractivity contribution in [1.29, 1.82) is 0 Å². The molecule has 102 valence electrons. The molecule has 2 heterocycles.